The van der Waals surface area contributed by atoms with Gasteiger partial charge in [-0.15, -0.1) is 0 Å². The van der Waals surface area contributed by atoms with Crippen molar-refractivity contribution in [3.63, 3.8) is 0 Å². The van der Waals surface area contributed by atoms with Crippen LogP contribution >= 0.6 is 0 Å². The van der Waals surface area contributed by atoms with Crippen molar-refractivity contribution in [2.75, 3.05) is 6.61 Å². The zero-order chi connectivity index (χ0) is 17.4. The molecule has 0 aliphatic carbocycles. The van der Waals surface area contributed by atoms with Gasteiger partial charge in [0.15, 0.2) is 0 Å². The van der Waals surface area contributed by atoms with Crippen LogP contribution in [0.5, 0.6) is 5.75 Å². The average Bonchev–Trinajstić information content (AvgIpc) is 2.57. The number of aromatic hydroxyl groups is 1. The molecule has 0 heterocycles. The minimum absolute atomic E-state index is 0.172. The van der Waals surface area contributed by atoms with E-state index in [2.05, 4.69) is 0 Å². The lowest BCUT2D eigenvalue weighted by Crippen LogP contribution is -2.32. The first-order valence-electron chi connectivity index (χ1n) is 7.83. The molecule has 5 nitrogen and oxygen atoms in total. The monoisotopic (exact) mass is 327 g/mol. The number of carbonyl (C=O) groups is 2. The number of phenols is 1. The molecule has 0 aliphatic heterocycles. The van der Waals surface area contributed by atoms with Crippen molar-refractivity contribution in [2.24, 2.45) is 0 Å². The van der Waals surface area contributed by atoms with Crippen LogP contribution in [0.3, 0.4) is 0 Å². The second-order valence-electron chi connectivity index (χ2n) is 5.38. The van der Waals surface area contributed by atoms with Crippen molar-refractivity contribution in [3.05, 3.63) is 65.7 Å². The maximum Gasteiger partial charge on any atom is 0.315 e. The first-order valence-corrected chi connectivity index (χ1v) is 7.83. The van der Waals surface area contributed by atoms with Gasteiger partial charge in [-0.1, -0.05) is 42.5 Å². The smallest absolute Gasteiger partial charge is 0.315 e. The Morgan fingerprint density at radius 1 is 0.958 bits per heavy atom. The van der Waals surface area contributed by atoms with Gasteiger partial charge in [0.2, 0.25) is 5.91 Å². The SMILES string of the molecule is CCOC(=O)CC(=O)N(Cc1ccccc1)Cc1ccc(O)cc1. The average molecular weight is 327 g/mol. The van der Waals surface area contributed by atoms with Gasteiger partial charge in [-0.3, -0.25) is 9.59 Å². The van der Waals surface area contributed by atoms with Crippen molar-refractivity contribution >= 4 is 11.9 Å². The van der Waals surface area contributed by atoms with Crippen LogP contribution in [-0.2, 0) is 27.4 Å². The molecule has 0 saturated heterocycles. The van der Waals surface area contributed by atoms with Crippen LogP contribution in [0.25, 0.3) is 0 Å². The van der Waals surface area contributed by atoms with E-state index in [1.807, 2.05) is 30.3 Å². The number of nitrogens with zero attached hydrogens (tertiary/aromatic N) is 1. The lowest BCUT2D eigenvalue weighted by molar-refractivity contribution is -0.149. The van der Waals surface area contributed by atoms with Crippen molar-refractivity contribution in [2.45, 2.75) is 26.4 Å². The molecule has 0 aromatic heterocycles. The third kappa shape index (κ3) is 5.43. The van der Waals surface area contributed by atoms with E-state index in [0.717, 1.165) is 11.1 Å². The third-order valence-electron chi connectivity index (χ3n) is 3.48. The van der Waals surface area contributed by atoms with Gasteiger partial charge in [-0.2, -0.15) is 0 Å². The summed E-state index contributed by atoms with van der Waals surface area (Å²) in [6.07, 6.45) is -0.279. The van der Waals surface area contributed by atoms with Crippen LogP contribution in [0.1, 0.15) is 24.5 Å². The number of hydrogen-bond acceptors (Lipinski definition) is 4. The van der Waals surface area contributed by atoms with Gasteiger partial charge in [0.1, 0.15) is 12.2 Å². The Balaban J connectivity index is 2.12. The highest BCUT2D eigenvalue weighted by molar-refractivity contribution is 5.94. The molecule has 1 amide bonds. The Kier molecular flexibility index (Phi) is 6.37. The minimum atomic E-state index is -0.522. The van der Waals surface area contributed by atoms with E-state index >= 15 is 0 Å². The molecular weight excluding hydrogens is 306 g/mol. The first kappa shape index (κ1) is 17.5. The summed E-state index contributed by atoms with van der Waals surface area (Å²) in [4.78, 5) is 25.7. The summed E-state index contributed by atoms with van der Waals surface area (Å²) in [6.45, 7) is 2.72. The molecule has 2 rings (SSSR count). The Bertz CT molecular complexity index is 668. The number of phenolic OH excluding ortho intramolecular Hbond substituents is 1. The fourth-order valence-electron chi connectivity index (χ4n) is 2.31. The summed E-state index contributed by atoms with van der Waals surface area (Å²) in [6, 6.07) is 16.2. The lowest BCUT2D eigenvalue weighted by atomic mass is 10.1. The molecule has 0 bridgehead atoms. The van der Waals surface area contributed by atoms with Crippen LogP contribution < -0.4 is 0 Å². The highest BCUT2D eigenvalue weighted by Gasteiger charge is 2.19. The standard InChI is InChI=1S/C19H21NO4/c1-2-24-19(23)12-18(22)20(13-15-6-4-3-5-7-15)14-16-8-10-17(21)11-9-16/h3-11,21H,2,12-14H2,1H3. The zero-order valence-corrected chi connectivity index (χ0v) is 13.6. The predicted octanol–water partition coefficient (Wildman–Crippen LogP) is 2.87. The summed E-state index contributed by atoms with van der Waals surface area (Å²) in [7, 11) is 0. The van der Waals surface area contributed by atoms with E-state index in [4.69, 9.17) is 4.74 Å². The van der Waals surface area contributed by atoms with Gasteiger partial charge in [-0.25, -0.2) is 0 Å². The molecule has 0 radical (unpaired) electrons. The summed E-state index contributed by atoms with van der Waals surface area (Å²) in [5.41, 5.74) is 1.86. The Hall–Kier alpha value is -2.82. The van der Waals surface area contributed by atoms with E-state index in [0.29, 0.717) is 13.1 Å². The summed E-state index contributed by atoms with van der Waals surface area (Å²) in [5, 5.41) is 9.37. The van der Waals surface area contributed by atoms with E-state index < -0.39 is 5.97 Å². The molecule has 2 aromatic rings. The van der Waals surface area contributed by atoms with Gasteiger partial charge in [0.05, 0.1) is 6.61 Å². The topological polar surface area (TPSA) is 66.8 Å². The van der Waals surface area contributed by atoms with Crippen LogP contribution in [0.2, 0.25) is 0 Å². The van der Waals surface area contributed by atoms with Crippen LogP contribution in [0.4, 0.5) is 0 Å². The van der Waals surface area contributed by atoms with Gasteiger partial charge in [-0.05, 0) is 30.2 Å². The highest BCUT2D eigenvalue weighted by atomic mass is 16.5. The third-order valence-corrected chi connectivity index (χ3v) is 3.48. The maximum absolute atomic E-state index is 12.5. The first-order chi connectivity index (χ1) is 11.6. The fraction of sp³-hybridized carbons (Fsp3) is 0.263. The van der Waals surface area contributed by atoms with Crippen molar-refractivity contribution in [3.8, 4) is 5.75 Å². The predicted molar refractivity (Wildman–Crippen MR) is 90.1 cm³/mol. The molecule has 0 atom stereocenters. The fourth-order valence-corrected chi connectivity index (χ4v) is 2.31. The van der Waals surface area contributed by atoms with E-state index in [-0.39, 0.29) is 24.7 Å². The molecule has 0 fully saturated rings. The molecule has 0 saturated carbocycles. The molecular formula is C19H21NO4. The molecule has 2 aromatic carbocycles. The number of esters is 1. The number of ether oxygens (including phenoxy) is 1. The summed E-state index contributed by atoms with van der Waals surface area (Å²) >= 11 is 0. The molecule has 0 unspecified atom stereocenters. The Morgan fingerprint density at radius 2 is 1.54 bits per heavy atom. The van der Waals surface area contributed by atoms with Crippen LogP contribution in [0.15, 0.2) is 54.6 Å². The Morgan fingerprint density at radius 3 is 2.12 bits per heavy atom. The normalized spacial score (nSPS) is 10.2. The number of amides is 1. The number of rotatable bonds is 7. The van der Waals surface area contributed by atoms with Crippen LogP contribution in [0, 0.1) is 0 Å². The number of hydrogen-bond donors (Lipinski definition) is 1. The van der Waals surface area contributed by atoms with Gasteiger partial charge < -0.3 is 14.7 Å². The molecule has 5 heteroatoms. The van der Waals surface area contributed by atoms with E-state index in [1.165, 1.54) is 0 Å². The van der Waals surface area contributed by atoms with Crippen LogP contribution in [-0.4, -0.2) is 28.5 Å². The van der Waals surface area contributed by atoms with Crippen molar-refractivity contribution in [1.82, 2.24) is 4.90 Å². The second-order valence-corrected chi connectivity index (χ2v) is 5.38. The minimum Gasteiger partial charge on any atom is -0.508 e. The second kappa shape index (κ2) is 8.72. The number of benzene rings is 2. The molecule has 0 aliphatic rings. The van der Waals surface area contributed by atoms with E-state index in [9.17, 15) is 14.7 Å². The lowest BCUT2D eigenvalue weighted by Gasteiger charge is -2.23. The van der Waals surface area contributed by atoms with Crippen molar-refractivity contribution < 1.29 is 19.4 Å². The van der Waals surface area contributed by atoms with Gasteiger partial charge in [0, 0.05) is 13.1 Å². The maximum atomic E-state index is 12.5. The summed E-state index contributed by atoms with van der Waals surface area (Å²) in [5.74, 6) is -0.636. The number of carbonyl (C=O) groups excluding carboxylic acids is 2. The van der Waals surface area contributed by atoms with Gasteiger partial charge >= 0.3 is 5.97 Å². The zero-order valence-electron chi connectivity index (χ0n) is 13.6. The largest absolute Gasteiger partial charge is 0.508 e. The molecule has 126 valence electrons. The molecule has 24 heavy (non-hydrogen) atoms. The quantitative estimate of drug-likeness (QED) is 0.627. The molecule has 1 N–H and O–H groups in total. The summed E-state index contributed by atoms with van der Waals surface area (Å²) < 4.78 is 4.86. The van der Waals surface area contributed by atoms with E-state index in [1.54, 1.807) is 36.1 Å². The molecule has 0 spiro atoms. The van der Waals surface area contributed by atoms with Crippen molar-refractivity contribution in [1.29, 1.82) is 0 Å². The highest BCUT2D eigenvalue weighted by Crippen LogP contribution is 2.15. The van der Waals surface area contributed by atoms with Gasteiger partial charge in [0.25, 0.3) is 0 Å². The Labute approximate surface area is 141 Å².